The number of hydrogen-bond acceptors (Lipinski definition) is 2. The highest BCUT2D eigenvalue weighted by Crippen LogP contribution is 2.32. The lowest BCUT2D eigenvalue weighted by molar-refractivity contribution is -0.126. The van der Waals surface area contributed by atoms with Crippen molar-refractivity contribution in [3.63, 3.8) is 0 Å². The minimum Gasteiger partial charge on any atom is -0.368 e. The highest BCUT2D eigenvalue weighted by atomic mass is 16.1. The molecule has 1 rings (SSSR count). The molecule has 1 aliphatic rings. The van der Waals surface area contributed by atoms with E-state index < -0.39 is 5.54 Å². The molecule has 1 unspecified atom stereocenters. The molecule has 0 aromatic heterocycles. The summed E-state index contributed by atoms with van der Waals surface area (Å²) in [6, 6.07) is 0.367. The molecule has 0 saturated heterocycles. The van der Waals surface area contributed by atoms with Gasteiger partial charge in [-0.1, -0.05) is 13.8 Å². The Morgan fingerprint density at radius 1 is 1.53 bits per heavy atom. The number of hydrogen-bond donors (Lipinski definition) is 2. The monoisotopic (exact) mass is 212 g/mol. The lowest BCUT2D eigenvalue weighted by atomic mass is 9.76. The number of rotatable bonds is 4. The minimum atomic E-state index is -0.429. The van der Waals surface area contributed by atoms with E-state index >= 15 is 0 Å². The van der Waals surface area contributed by atoms with Gasteiger partial charge in [0, 0.05) is 6.04 Å². The minimum absolute atomic E-state index is 0.172. The number of nitrogens with two attached hydrogens (primary N) is 1. The van der Waals surface area contributed by atoms with Gasteiger partial charge in [0.2, 0.25) is 5.91 Å². The molecule has 1 fully saturated rings. The molecule has 0 aliphatic heterocycles. The summed E-state index contributed by atoms with van der Waals surface area (Å²) in [5, 5.41) is 3.43. The molecule has 3 nitrogen and oxygen atoms in total. The van der Waals surface area contributed by atoms with Crippen molar-refractivity contribution in [1.82, 2.24) is 5.32 Å². The molecule has 3 heteroatoms. The summed E-state index contributed by atoms with van der Waals surface area (Å²) in [5.41, 5.74) is 5.12. The van der Waals surface area contributed by atoms with Crippen LogP contribution in [0.2, 0.25) is 0 Å². The third-order valence-corrected chi connectivity index (χ3v) is 3.73. The van der Waals surface area contributed by atoms with Crippen molar-refractivity contribution in [3.8, 4) is 0 Å². The number of carbonyl (C=O) groups excluding carboxylic acids is 1. The summed E-state index contributed by atoms with van der Waals surface area (Å²) in [7, 11) is 0. The molecule has 0 heterocycles. The first-order valence-corrected chi connectivity index (χ1v) is 6.08. The van der Waals surface area contributed by atoms with Crippen molar-refractivity contribution < 1.29 is 4.79 Å². The number of amides is 1. The van der Waals surface area contributed by atoms with Gasteiger partial charge in [-0.15, -0.1) is 0 Å². The van der Waals surface area contributed by atoms with E-state index in [0.29, 0.717) is 6.04 Å². The van der Waals surface area contributed by atoms with E-state index in [4.69, 9.17) is 5.73 Å². The van der Waals surface area contributed by atoms with Crippen LogP contribution in [0.4, 0.5) is 0 Å². The smallest absolute Gasteiger partial charge is 0.237 e. The van der Waals surface area contributed by atoms with Crippen LogP contribution in [0.25, 0.3) is 0 Å². The second-order valence-electron chi connectivity index (χ2n) is 5.08. The van der Waals surface area contributed by atoms with E-state index in [2.05, 4.69) is 26.1 Å². The first kappa shape index (κ1) is 12.5. The van der Waals surface area contributed by atoms with Gasteiger partial charge in [-0.25, -0.2) is 0 Å². The van der Waals surface area contributed by atoms with Crippen LogP contribution >= 0.6 is 0 Å². The molecule has 0 bridgehead atoms. The quantitative estimate of drug-likeness (QED) is 0.746. The Kier molecular flexibility index (Phi) is 4.14. The van der Waals surface area contributed by atoms with Crippen molar-refractivity contribution in [1.29, 1.82) is 0 Å². The van der Waals surface area contributed by atoms with Crippen LogP contribution in [0.15, 0.2) is 0 Å². The largest absolute Gasteiger partial charge is 0.368 e. The highest BCUT2D eigenvalue weighted by molar-refractivity contribution is 5.84. The molecule has 0 aromatic rings. The maximum atomic E-state index is 11.6. The lowest BCUT2D eigenvalue weighted by Crippen LogP contribution is -2.59. The fourth-order valence-corrected chi connectivity index (χ4v) is 2.29. The molecule has 1 aliphatic carbocycles. The number of carbonyl (C=O) groups is 1. The topological polar surface area (TPSA) is 55.1 Å². The van der Waals surface area contributed by atoms with Crippen LogP contribution in [0.3, 0.4) is 0 Å². The van der Waals surface area contributed by atoms with Gasteiger partial charge in [0.15, 0.2) is 0 Å². The normalized spacial score (nSPS) is 33.7. The predicted molar refractivity (Wildman–Crippen MR) is 62.4 cm³/mol. The lowest BCUT2D eigenvalue weighted by Gasteiger charge is -2.39. The van der Waals surface area contributed by atoms with Gasteiger partial charge >= 0.3 is 0 Å². The zero-order chi connectivity index (χ0) is 11.5. The third kappa shape index (κ3) is 2.94. The molecular formula is C12H24N2O. The van der Waals surface area contributed by atoms with E-state index in [1.807, 2.05) is 0 Å². The SMILES string of the molecule is CCC(C)NC1(C(N)=O)CCC(C)CC1. The molecule has 1 atom stereocenters. The molecule has 1 amide bonds. The van der Waals surface area contributed by atoms with Crippen LogP contribution < -0.4 is 11.1 Å². The maximum absolute atomic E-state index is 11.6. The van der Waals surface area contributed by atoms with E-state index in [0.717, 1.165) is 38.0 Å². The van der Waals surface area contributed by atoms with Gasteiger partial charge in [0.25, 0.3) is 0 Å². The summed E-state index contributed by atoms with van der Waals surface area (Å²) in [6.45, 7) is 6.48. The molecular weight excluding hydrogens is 188 g/mol. The average molecular weight is 212 g/mol. The van der Waals surface area contributed by atoms with E-state index in [1.54, 1.807) is 0 Å². The average Bonchev–Trinajstić information content (AvgIpc) is 2.21. The summed E-state index contributed by atoms with van der Waals surface area (Å²) in [5.74, 6) is 0.561. The Labute approximate surface area is 92.8 Å². The second-order valence-corrected chi connectivity index (χ2v) is 5.08. The Balaban J connectivity index is 2.67. The van der Waals surface area contributed by atoms with Crippen molar-refractivity contribution in [2.75, 3.05) is 0 Å². The van der Waals surface area contributed by atoms with Crippen molar-refractivity contribution in [2.24, 2.45) is 11.7 Å². The number of nitrogens with one attached hydrogen (secondary N) is 1. The fourth-order valence-electron chi connectivity index (χ4n) is 2.29. The van der Waals surface area contributed by atoms with E-state index in [1.165, 1.54) is 0 Å². The second kappa shape index (κ2) is 4.97. The summed E-state index contributed by atoms with van der Waals surface area (Å²) in [4.78, 5) is 11.6. The third-order valence-electron chi connectivity index (χ3n) is 3.73. The zero-order valence-electron chi connectivity index (χ0n) is 10.2. The van der Waals surface area contributed by atoms with Crippen LogP contribution in [0.1, 0.15) is 52.9 Å². The van der Waals surface area contributed by atoms with Gasteiger partial charge in [0.05, 0.1) is 5.54 Å². The van der Waals surface area contributed by atoms with Crippen molar-refractivity contribution in [3.05, 3.63) is 0 Å². The molecule has 0 spiro atoms. The molecule has 15 heavy (non-hydrogen) atoms. The van der Waals surface area contributed by atoms with E-state index in [-0.39, 0.29) is 5.91 Å². The Morgan fingerprint density at radius 3 is 2.47 bits per heavy atom. The summed E-state index contributed by atoms with van der Waals surface area (Å²) in [6.07, 6.45) is 5.03. The van der Waals surface area contributed by atoms with Gasteiger partial charge in [-0.05, 0) is 44.9 Å². The van der Waals surface area contributed by atoms with Gasteiger partial charge in [-0.3, -0.25) is 4.79 Å². The molecule has 0 aromatic carbocycles. The Morgan fingerprint density at radius 2 is 2.07 bits per heavy atom. The summed E-state index contributed by atoms with van der Waals surface area (Å²) < 4.78 is 0. The highest BCUT2D eigenvalue weighted by Gasteiger charge is 2.39. The first-order chi connectivity index (χ1) is 7.00. The molecule has 3 N–H and O–H groups in total. The Bertz CT molecular complexity index is 220. The fraction of sp³-hybridized carbons (Fsp3) is 0.917. The molecule has 1 saturated carbocycles. The maximum Gasteiger partial charge on any atom is 0.237 e. The Hall–Kier alpha value is -0.570. The van der Waals surface area contributed by atoms with Crippen LogP contribution in [0, 0.1) is 5.92 Å². The predicted octanol–water partition coefficient (Wildman–Crippen LogP) is 1.81. The van der Waals surface area contributed by atoms with Crippen molar-refractivity contribution >= 4 is 5.91 Å². The zero-order valence-corrected chi connectivity index (χ0v) is 10.2. The molecule has 0 radical (unpaired) electrons. The van der Waals surface area contributed by atoms with Crippen LogP contribution in [-0.2, 0) is 4.79 Å². The standard InChI is InChI=1S/C12H24N2O/c1-4-10(3)14-12(11(13)15)7-5-9(2)6-8-12/h9-10,14H,4-8H2,1-3H3,(H2,13,15). The van der Waals surface area contributed by atoms with Gasteiger partial charge in [-0.2, -0.15) is 0 Å². The first-order valence-electron chi connectivity index (χ1n) is 6.08. The number of primary amides is 1. The van der Waals surface area contributed by atoms with Crippen LogP contribution in [0.5, 0.6) is 0 Å². The van der Waals surface area contributed by atoms with E-state index in [9.17, 15) is 4.79 Å². The van der Waals surface area contributed by atoms with Gasteiger partial charge in [0.1, 0.15) is 0 Å². The van der Waals surface area contributed by atoms with Gasteiger partial charge < -0.3 is 11.1 Å². The molecule has 88 valence electrons. The van der Waals surface area contributed by atoms with Crippen molar-refractivity contribution in [2.45, 2.75) is 64.5 Å². The summed E-state index contributed by atoms with van der Waals surface area (Å²) >= 11 is 0. The van der Waals surface area contributed by atoms with Crippen LogP contribution in [-0.4, -0.2) is 17.5 Å².